The first-order valence-corrected chi connectivity index (χ1v) is 8.22. The lowest BCUT2D eigenvalue weighted by Gasteiger charge is -2.47. The predicted octanol–water partition coefficient (Wildman–Crippen LogP) is 3.07. The van der Waals surface area contributed by atoms with E-state index in [1.165, 1.54) is 5.56 Å². The number of thiocarbonyl (C=S) groups is 1. The highest BCUT2D eigenvalue weighted by atomic mass is 32.1. The maximum Gasteiger partial charge on any atom is 0.242 e. The molecule has 0 bridgehead atoms. The van der Waals surface area contributed by atoms with Crippen molar-refractivity contribution < 1.29 is 4.79 Å². The number of rotatable bonds is 1. The summed E-state index contributed by atoms with van der Waals surface area (Å²) in [6.45, 7) is 0. The van der Waals surface area contributed by atoms with Gasteiger partial charge < -0.3 is 5.32 Å². The Hall–Kier alpha value is -2.24. The van der Waals surface area contributed by atoms with Crippen molar-refractivity contribution in [2.45, 2.75) is 31.6 Å². The second-order valence-corrected chi connectivity index (χ2v) is 6.84. The first-order valence-electron chi connectivity index (χ1n) is 7.81. The molecule has 3 rings (SSSR count). The average Bonchev–Trinajstić information content (AvgIpc) is 2.57. The number of carbonyl (C=O) groups is 1. The van der Waals surface area contributed by atoms with E-state index in [0.717, 1.165) is 12.8 Å². The summed E-state index contributed by atoms with van der Waals surface area (Å²) >= 11 is 5.22. The van der Waals surface area contributed by atoms with Crippen molar-refractivity contribution in [3.05, 3.63) is 35.9 Å². The van der Waals surface area contributed by atoms with Crippen LogP contribution in [0.3, 0.4) is 0 Å². The van der Waals surface area contributed by atoms with Crippen LogP contribution in [0.4, 0.5) is 0 Å². The summed E-state index contributed by atoms with van der Waals surface area (Å²) in [6, 6.07) is 14.7. The van der Waals surface area contributed by atoms with Gasteiger partial charge in [-0.15, -0.1) is 0 Å². The van der Waals surface area contributed by atoms with Gasteiger partial charge in [-0.05, 0) is 37.2 Å². The first-order chi connectivity index (χ1) is 11.1. The molecule has 2 atom stereocenters. The molecule has 1 amide bonds. The predicted molar refractivity (Wildman–Crippen MR) is 89.0 cm³/mol. The van der Waals surface area contributed by atoms with Gasteiger partial charge in [0.1, 0.15) is 11.8 Å². The lowest BCUT2D eigenvalue weighted by molar-refractivity contribution is -0.128. The molecule has 0 aromatic heterocycles. The fourth-order valence-corrected chi connectivity index (χ4v) is 4.51. The van der Waals surface area contributed by atoms with E-state index in [0.29, 0.717) is 18.8 Å². The summed E-state index contributed by atoms with van der Waals surface area (Å²) in [4.78, 5) is 12.5. The Kier molecular flexibility index (Phi) is 4.15. The minimum absolute atomic E-state index is 0.280. The molecule has 1 aromatic carbocycles. The molecule has 4 nitrogen and oxygen atoms in total. The summed E-state index contributed by atoms with van der Waals surface area (Å²) < 4.78 is 0. The molecule has 1 saturated carbocycles. The molecule has 0 radical (unpaired) electrons. The van der Waals surface area contributed by atoms with Gasteiger partial charge in [-0.1, -0.05) is 42.5 Å². The zero-order valence-electron chi connectivity index (χ0n) is 12.7. The minimum Gasteiger partial charge on any atom is -0.318 e. The van der Waals surface area contributed by atoms with E-state index in [9.17, 15) is 15.3 Å². The van der Waals surface area contributed by atoms with E-state index in [2.05, 4.69) is 29.6 Å². The highest BCUT2D eigenvalue weighted by Crippen LogP contribution is 2.53. The Morgan fingerprint density at radius 2 is 1.70 bits per heavy atom. The van der Waals surface area contributed by atoms with Crippen molar-refractivity contribution >= 4 is 23.1 Å². The van der Waals surface area contributed by atoms with Crippen LogP contribution < -0.4 is 5.32 Å². The molecule has 1 saturated heterocycles. The van der Waals surface area contributed by atoms with Gasteiger partial charge in [0.15, 0.2) is 0 Å². The lowest BCUT2D eigenvalue weighted by Crippen LogP contribution is -2.57. The van der Waals surface area contributed by atoms with Gasteiger partial charge in [-0.3, -0.25) is 4.79 Å². The number of nitriles is 2. The molecule has 116 valence electrons. The van der Waals surface area contributed by atoms with Gasteiger partial charge in [-0.2, -0.15) is 10.5 Å². The highest BCUT2D eigenvalue weighted by Gasteiger charge is 2.55. The van der Waals surface area contributed by atoms with Crippen LogP contribution in [0.5, 0.6) is 0 Å². The summed E-state index contributed by atoms with van der Waals surface area (Å²) in [5.41, 5.74) is 0.654. The van der Waals surface area contributed by atoms with Crippen LogP contribution >= 0.6 is 12.2 Å². The van der Waals surface area contributed by atoms with Gasteiger partial charge in [-0.25, -0.2) is 0 Å². The Morgan fingerprint density at radius 3 is 2.26 bits per heavy atom. The summed E-state index contributed by atoms with van der Waals surface area (Å²) in [5.74, 6) is -1.28. The largest absolute Gasteiger partial charge is 0.318 e. The molecular weight excluding hydrogens is 306 g/mol. The molecule has 2 fully saturated rings. The number of hydrogen-bond donors (Lipinski definition) is 1. The third-order valence-corrected chi connectivity index (χ3v) is 5.70. The smallest absolute Gasteiger partial charge is 0.242 e. The van der Waals surface area contributed by atoms with Gasteiger partial charge in [0.25, 0.3) is 0 Å². The maximum atomic E-state index is 12.2. The van der Waals surface area contributed by atoms with Crippen molar-refractivity contribution in [1.29, 1.82) is 10.5 Å². The molecule has 2 aliphatic rings. The van der Waals surface area contributed by atoms with E-state index >= 15 is 0 Å². The van der Waals surface area contributed by atoms with Crippen molar-refractivity contribution in [2.24, 2.45) is 17.3 Å². The molecule has 1 aliphatic heterocycles. The number of carbonyl (C=O) groups excluding carboxylic acids is 1. The van der Waals surface area contributed by atoms with E-state index in [-0.39, 0.29) is 10.9 Å². The molecular formula is C18H17N3OS. The number of benzene rings is 1. The van der Waals surface area contributed by atoms with Crippen molar-refractivity contribution in [1.82, 2.24) is 5.32 Å². The second-order valence-electron chi connectivity index (χ2n) is 6.40. The molecule has 1 N–H and O–H groups in total. The van der Waals surface area contributed by atoms with E-state index in [1.54, 1.807) is 0 Å². The number of nitrogens with zero attached hydrogens (tertiary/aromatic N) is 2. The number of piperidine rings is 1. The summed E-state index contributed by atoms with van der Waals surface area (Å²) in [6.07, 6.45) is 3.10. The van der Waals surface area contributed by atoms with Gasteiger partial charge in [0.2, 0.25) is 5.91 Å². The Morgan fingerprint density at radius 1 is 1.09 bits per heavy atom. The number of nitrogens with one attached hydrogen (secondary N) is 1. The molecule has 5 heteroatoms. The molecule has 1 spiro atoms. The second kappa shape index (κ2) is 6.10. The minimum atomic E-state index is -0.796. The Balaban J connectivity index is 1.89. The van der Waals surface area contributed by atoms with Crippen molar-refractivity contribution in [3.8, 4) is 12.1 Å². The third kappa shape index (κ3) is 2.52. The third-order valence-electron chi connectivity index (χ3n) is 5.37. The first kappa shape index (κ1) is 15.6. The van der Waals surface area contributed by atoms with Crippen LogP contribution in [0.25, 0.3) is 0 Å². The molecule has 1 heterocycles. The fraction of sp³-hybridized carbons (Fsp3) is 0.444. The van der Waals surface area contributed by atoms with Crippen LogP contribution in [-0.4, -0.2) is 10.9 Å². The fourth-order valence-electron chi connectivity index (χ4n) is 4.12. The zero-order chi connectivity index (χ0) is 16.4. The Labute approximate surface area is 141 Å². The van der Waals surface area contributed by atoms with Crippen molar-refractivity contribution in [2.75, 3.05) is 0 Å². The van der Waals surface area contributed by atoms with Crippen LogP contribution in [0.1, 0.15) is 37.2 Å². The van der Waals surface area contributed by atoms with Crippen LogP contribution in [0.2, 0.25) is 0 Å². The van der Waals surface area contributed by atoms with Crippen molar-refractivity contribution in [3.63, 3.8) is 0 Å². The van der Waals surface area contributed by atoms with Gasteiger partial charge >= 0.3 is 0 Å². The van der Waals surface area contributed by atoms with E-state index < -0.39 is 17.3 Å². The number of amides is 1. The summed E-state index contributed by atoms with van der Waals surface area (Å²) in [5, 5.41) is 21.6. The van der Waals surface area contributed by atoms with Crippen LogP contribution in [-0.2, 0) is 4.79 Å². The standard InChI is InChI=1S/C18H17N3OS/c19-10-14-16(22)21-17(23)15(11-20)18(14)8-6-13(7-9-18)12-4-2-1-3-5-12/h1-5,13-15H,6-9H2,(H,21,22,23)/t13?,14-,15-,18?/m1/s1. The van der Waals surface area contributed by atoms with Gasteiger partial charge in [0, 0.05) is 5.41 Å². The summed E-state index contributed by atoms with van der Waals surface area (Å²) in [7, 11) is 0. The monoisotopic (exact) mass is 323 g/mol. The zero-order valence-corrected chi connectivity index (χ0v) is 13.5. The number of hydrogen-bond acceptors (Lipinski definition) is 4. The highest BCUT2D eigenvalue weighted by molar-refractivity contribution is 7.80. The van der Waals surface area contributed by atoms with Crippen LogP contribution in [0, 0.1) is 39.9 Å². The van der Waals surface area contributed by atoms with Gasteiger partial charge in [0.05, 0.1) is 17.1 Å². The molecule has 1 aromatic rings. The molecule has 1 aliphatic carbocycles. The average molecular weight is 323 g/mol. The maximum absolute atomic E-state index is 12.2. The van der Waals surface area contributed by atoms with E-state index in [1.807, 2.05) is 18.2 Å². The normalized spacial score (nSPS) is 33.6. The quantitative estimate of drug-likeness (QED) is 0.806. The van der Waals surface area contributed by atoms with E-state index in [4.69, 9.17) is 12.2 Å². The molecule has 23 heavy (non-hydrogen) atoms. The topological polar surface area (TPSA) is 76.7 Å². The van der Waals surface area contributed by atoms with Crippen LogP contribution in [0.15, 0.2) is 30.3 Å². The molecule has 0 unspecified atom stereocenters. The lowest BCUT2D eigenvalue weighted by atomic mass is 9.56. The Bertz CT molecular complexity index is 674. The SMILES string of the molecule is N#C[C@@H]1C(=O)NC(=S)[C@@H](C#N)C12CCC(c1ccccc1)CC2.